The molecule has 1 unspecified atom stereocenters. The topological polar surface area (TPSA) is 84.2 Å². The molecule has 1 aliphatic heterocycles. The molecule has 0 amide bonds. The Kier molecular flexibility index (Phi) is 5.47. The minimum atomic E-state index is -0.391. The maximum absolute atomic E-state index is 11.8. The Bertz CT molecular complexity index is 753. The zero-order chi connectivity index (χ0) is 17.8. The molecular weight excluding hydrogens is 386 g/mol. The molecular formula is C17H20BrN5O2. The van der Waals surface area contributed by atoms with E-state index in [0.29, 0.717) is 5.82 Å². The maximum Gasteiger partial charge on any atom is 0.353 e. The summed E-state index contributed by atoms with van der Waals surface area (Å²) >= 11 is 3.38. The van der Waals surface area contributed by atoms with Crippen LogP contribution in [0, 0.1) is 10.1 Å². The molecule has 0 bridgehead atoms. The molecule has 1 aliphatic rings. The molecule has 1 saturated heterocycles. The number of nitro groups is 1. The van der Waals surface area contributed by atoms with E-state index in [2.05, 4.69) is 43.0 Å². The number of hydrogen-bond acceptors (Lipinski definition) is 6. The highest BCUT2D eigenvalue weighted by molar-refractivity contribution is 9.10. The van der Waals surface area contributed by atoms with Crippen molar-refractivity contribution in [3.8, 4) is 0 Å². The minimum absolute atomic E-state index is 0.0641. The molecule has 8 heteroatoms. The van der Waals surface area contributed by atoms with Crippen molar-refractivity contribution in [2.45, 2.75) is 38.6 Å². The van der Waals surface area contributed by atoms with E-state index >= 15 is 0 Å². The molecule has 3 rings (SSSR count). The highest BCUT2D eigenvalue weighted by Gasteiger charge is 2.31. The molecule has 25 heavy (non-hydrogen) atoms. The first-order valence-corrected chi connectivity index (χ1v) is 9.18. The van der Waals surface area contributed by atoms with E-state index in [1.54, 1.807) is 0 Å². The molecule has 0 radical (unpaired) electrons. The Labute approximate surface area is 154 Å². The number of halogens is 1. The third-order valence-electron chi connectivity index (χ3n) is 4.46. The van der Waals surface area contributed by atoms with E-state index in [-0.39, 0.29) is 17.5 Å². The second-order valence-electron chi connectivity index (χ2n) is 6.03. The Morgan fingerprint density at radius 3 is 2.76 bits per heavy atom. The molecule has 1 atom stereocenters. The molecule has 1 fully saturated rings. The number of aromatic nitrogens is 2. The smallest absolute Gasteiger partial charge is 0.348 e. The van der Waals surface area contributed by atoms with Crippen LogP contribution < -0.4 is 10.2 Å². The number of nitrogens with zero attached hydrogens (tertiary/aromatic N) is 4. The van der Waals surface area contributed by atoms with Gasteiger partial charge in [-0.25, -0.2) is 9.97 Å². The first-order valence-electron chi connectivity index (χ1n) is 8.38. The molecule has 1 N–H and O–H groups in total. The van der Waals surface area contributed by atoms with Crippen LogP contribution in [0.2, 0.25) is 0 Å². The average molecular weight is 406 g/mol. The largest absolute Gasteiger partial charge is 0.353 e. The SMILES string of the molecule is CCC1CCCCN1c1ncnc(Nc2ccc(Br)cc2)c1[N+](=O)[O-]. The summed E-state index contributed by atoms with van der Waals surface area (Å²) < 4.78 is 0.940. The zero-order valence-electron chi connectivity index (χ0n) is 14.0. The third-order valence-corrected chi connectivity index (χ3v) is 4.99. The summed E-state index contributed by atoms with van der Waals surface area (Å²) in [6, 6.07) is 7.70. The van der Waals surface area contributed by atoms with Gasteiger partial charge in [0.25, 0.3) is 0 Å². The van der Waals surface area contributed by atoms with Crippen LogP contribution in [0.25, 0.3) is 0 Å². The van der Waals surface area contributed by atoms with Gasteiger partial charge in [0, 0.05) is 22.7 Å². The summed E-state index contributed by atoms with van der Waals surface area (Å²) in [6.45, 7) is 2.89. The highest BCUT2D eigenvalue weighted by Crippen LogP contribution is 2.37. The Morgan fingerprint density at radius 2 is 2.08 bits per heavy atom. The van der Waals surface area contributed by atoms with Crippen LogP contribution in [0.4, 0.5) is 23.0 Å². The molecule has 132 valence electrons. The summed E-state index contributed by atoms with van der Waals surface area (Å²) in [5.41, 5.74) is 0.674. The summed E-state index contributed by atoms with van der Waals surface area (Å²) in [4.78, 5) is 21.8. The average Bonchev–Trinajstić information content (AvgIpc) is 2.63. The van der Waals surface area contributed by atoms with Crippen molar-refractivity contribution in [3.05, 3.63) is 45.2 Å². The zero-order valence-corrected chi connectivity index (χ0v) is 15.6. The van der Waals surface area contributed by atoms with Crippen molar-refractivity contribution in [2.75, 3.05) is 16.8 Å². The standard InChI is InChI=1S/C17H20BrN5O2/c1-2-14-5-3-4-10-22(14)17-15(23(24)25)16(19-11-20-17)21-13-8-6-12(18)7-9-13/h6-9,11,14H,2-5,10H2,1H3,(H,19,20,21). The second-order valence-corrected chi connectivity index (χ2v) is 6.95. The van der Waals surface area contributed by atoms with Crippen molar-refractivity contribution in [3.63, 3.8) is 0 Å². The van der Waals surface area contributed by atoms with Crippen molar-refractivity contribution in [1.29, 1.82) is 0 Å². The minimum Gasteiger partial charge on any atom is -0.348 e. The van der Waals surface area contributed by atoms with Crippen molar-refractivity contribution >= 4 is 38.9 Å². The van der Waals surface area contributed by atoms with Gasteiger partial charge < -0.3 is 10.2 Å². The number of rotatable bonds is 5. The van der Waals surface area contributed by atoms with E-state index in [9.17, 15) is 10.1 Å². The van der Waals surface area contributed by atoms with Crippen molar-refractivity contribution < 1.29 is 4.92 Å². The fourth-order valence-electron chi connectivity index (χ4n) is 3.21. The van der Waals surface area contributed by atoms with Gasteiger partial charge in [-0.15, -0.1) is 0 Å². The number of anilines is 3. The van der Waals surface area contributed by atoms with Gasteiger partial charge in [0.15, 0.2) is 0 Å². The van der Waals surface area contributed by atoms with Gasteiger partial charge in [0.1, 0.15) is 6.33 Å². The first-order chi connectivity index (χ1) is 12.1. The van der Waals surface area contributed by atoms with Gasteiger partial charge in [0.2, 0.25) is 11.6 Å². The molecule has 0 saturated carbocycles. The number of nitrogens with one attached hydrogen (secondary N) is 1. The van der Waals surface area contributed by atoms with Crippen molar-refractivity contribution in [2.24, 2.45) is 0 Å². The van der Waals surface area contributed by atoms with Crippen LogP contribution in [0.5, 0.6) is 0 Å². The lowest BCUT2D eigenvalue weighted by Crippen LogP contribution is -2.40. The molecule has 7 nitrogen and oxygen atoms in total. The number of benzene rings is 1. The first kappa shape index (κ1) is 17.6. The molecule has 1 aromatic carbocycles. The number of hydrogen-bond donors (Lipinski definition) is 1. The molecule has 1 aromatic heterocycles. The Morgan fingerprint density at radius 1 is 1.32 bits per heavy atom. The number of piperidine rings is 1. The van der Waals surface area contributed by atoms with Crippen LogP contribution in [0.1, 0.15) is 32.6 Å². The van der Waals surface area contributed by atoms with E-state index in [4.69, 9.17) is 0 Å². The van der Waals surface area contributed by atoms with Crippen LogP contribution in [0.15, 0.2) is 35.1 Å². The predicted molar refractivity (Wildman–Crippen MR) is 101 cm³/mol. The fourth-order valence-corrected chi connectivity index (χ4v) is 3.48. The van der Waals surface area contributed by atoms with Crippen LogP contribution in [-0.4, -0.2) is 27.5 Å². The lowest BCUT2D eigenvalue weighted by Gasteiger charge is -2.35. The lowest BCUT2D eigenvalue weighted by atomic mass is 10.00. The molecule has 0 spiro atoms. The van der Waals surface area contributed by atoms with Gasteiger partial charge in [-0.05, 0) is 49.9 Å². The third kappa shape index (κ3) is 3.89. The van der Waals surface area contributed by atoms with Gasteiger partial charge in [-0.2, -0.15) is 0 Å². The monoisotopic (exact) mass is 405 g/mol. The summed E-state index contributed by atoms with van der Waals surface area (Å²) in [7, 11) is 0. The summed E-state index contributed by atoms with van der Waals surface area (Å²) in [5.74, 6) is 0.629. The molecule has 2 aromatic rings. The highest BCUT2D eigenvalue weighted by atomic mass is 79.9. The predicted octanol–water partition coefficient (Wildman–Crippen LogP) is 4.66. The summed E-state index contributed by atoms with van der Waals surface area (Å²) in [6.07, 6.45) is 5.54. The van der Waals surface area contributed by atoms with Gasteiger partial charge in [-0.1, -0.05) is 22.9 Å². The van der Waals surface area contributed by atoms with Gasteiger partial charge in [0.05, 0.1) is 4.92 Å². The normalized spacial score (nSPS) is 17.4. The quantitative estimate of drug-likeness (QED) is 0.574. The summed E-state index contributed by atoms with van der Waals surface area (Å²) in [5, 5.41) is 14.8. The lowest BCUT2D eigenvalue weighted by molar-refractivity contribution is -0.383. The van der Waals surface area contributed by atoms with E-state index in [1.165, 1.54) is 6.33 Å². The fraction of sp³-hybridized carbons (Fsp3) is 0.412. The maximum atomic E-state index is 11.8. The Hall–Kier alpha value is -2.22. The van der Waals surface area contributed by atoms with Crippen LogP contribution in [-0.2, 0) is 0 Å². The Balaban J connectivity index is 1.99. The molecule has 2 heterocycles. The van der Waals surface area contributed by atoms with Crippen LogP contribution >= 0.6 is 15.9 Å². The second kappa shape index (κ2) is 7.77. The van der Waals surface area contributed by atoms with Crippen molar-refractivity contribution in [1.82, 2.24) is 9.97 Å². The van der Waals surface area contributed by atoms with Crippen LogP contribution in [0.3, 0.4) is 0 Å². The van der Waals surface area contributed by atoms with Gasteiger partial charge >= 0.3 is 5.69 Å². The van der Waals surface area contributed by atoms with E-state index < -0.39 is 4.92 Å². The van der Waals surface area contributed by atoms with E-state index in [1.807, 2.05) is 24.3 Å². The van der Waals surface area contributed by atoms with E-state index in [0.717, 1.165) is 42.4 Å². The van der Waals surface area contributed by atoms with Gasteiger partial charge in [-0.3, -0.25) is 10.1 Å². The molecule has 0 aliphatic carbocycles.